The summed E-state index contributed by atoms with van der Waals surface area (Å²) in [5.41, 5.74) is -0.0902. The van der Waals surface area contributed by atoms with E-state index >= 15 is 0 Å². The molecule has 0 saturated carbocycles. The van der Waals surface area contributed by atoms with Crippen molar-refractivity contribution in [3.05, 3.63) is 12.1 Å². The number of hydrogen-bond acceptors (Lipinski definition) is 5. The van der Waals surface area contributed by atoms with E-state index in [0.717, 1.165) is 12.1 Å². The minimum atomic E-state index is -4.35. The molecule has 0 saturated heterocycles. The fourth-order valence-electron chi connectivity index (χ4n) is 1.10. The third kappa shape index (κ3) is 2.03. The number of nitrogens with one attached hydrogen (secondary N) is 1. The summed E-state index contributed by atoms with van der Waals surface area (Å²) in [7, 11) is -4.35. The van der Waals surface area contributed by atoms with Crippen LogP contribution in [-0.2, 0) is 32.5 Å². The zero-order valence-corrected chi connectivity index (χ0v) is 9.27. The van der Waals surface area contributed by atoms with Crippen LogP contribution in [0.15, 0.2) is 17.0 Å². The van der Waals surface area contributed by atoms with Crippen LogP contribution in [0.25, 0.3) is 11.0 Å². The second-order valence-electron chi connectivity index (χ2n) is 2.58. The summed E-state index contributed by atoms with van der Waals surface area (Å²) >= 11 is 0. The van der Waals surface area contributed by atoms with Gasteiger partial charge >= 0.3 is 0 Å². The Morgan fingerprint density at radius 1 is 1.20 bits per heavy atom. The zero-order valence-electron chi connectivity index (χ0n) is 6.97. The monoisotopic (exact) mass is 322 g/mol. The van der Waals surface area contributed by atoms with Crippen LogP contribution in [0.5, 0.6) is 5.75 Å². The molecule has 0 unspecified atom stereocenters. The van der Waals surface area contributed by atoms with Crippen molar-refractivity contribution in [2.45, 2.75) is 4.90 Å². The predicted molar refractivity (Wildman–Crippen MR) is 45.4 cm³/mol. The van der Waals surface area contributed by atoms with Crippen LogP contribution in [-0.4, -0.2) is 33.5 Å². The van der Waals surface area contributed by atoms with Gasteiger partial charge in [-0.1, -0.05) is 0 Å². The smallest absolute Gasteiger partial charge is 0.296 e. The molecule has 85 valence electrons. The van der Waals surface area contributed by atoms with Gasteiger partial charge in [0, 0.05) is 22.4 Å². The molecule has 0 aliphatic carbocycles. The molecule has 0 bridgehead atoms. The van der Waals surface area contributed by atoms with Gasteiger partial charge in [0.25, 0.3) is 10.1 Å². The molecule has 0 fully saturated rings. The van der Waals surface area contributed by atoms with E-state index in [1.807, 2.05) is 0 Å². The van der Waals surface area contributed by atoms with E-state index in [4.69, 9.17) is 4.55 Å². The van der Waals surface area contributed by atoms with E-state index in [-0.39, 0.29) is 44.1 Å². The summed E-state index contributed by atoms with van der Waals surface area (Å²) in [6, 6.07) is 2.17. The molecule has 0 aliphatic rings. The molecular formula is C6H5AgN3O4S. The van der Waals surface area contributed by atoms with Crippen molar-refractivity contribution in [1.29, 1.82) is 0 Å². The maximum atomic E-state index is 10.8. The van der Waals surface area contributed by atoms with Crippen LogP contribution in [0, 0.1) is 0 Å². The average Bonchev–Trinajstić information content (AvgIpc) is 2.50. The SMILES string of the molecule is O=S(=O)(O)c1ccc(O)c2n[nH]nc12.[Ag]. The van der Waals surface area contributed by atoms with Gasteiger partial charge in [-0.25, -0.2) is 0 Å². The number of aromatic amines is 1. The Kier molecular flexibility index (Phi) is 3.16. The van der Waals surface area contributed by atoms with Gasteiger partial charge in [-0.3, -0.25) is 4.55 Å². The van der Waals surface area contributed by atoms with Crippen LogP contribution in [0.1, 0.15) is 0 Å². The molecule has 1 aromatic carbocycles. The number of phenolic OH excluding ortho intramolecular Hbond substituents is 1. The van der Waals surface area contributed by atoms with Crippen LogP contribution in [0.4, 0.5) is 0 Å². The standard InChI is InChI=1S/C6H5N3O4S.Ag/c10-3-1-2-4(14(11,12)13)6-5(3)7-9-8-6;/h1-2,10H,(H,7,8,9)(H,11,12,13);. The third-order valence-electron chi connectivity index (χ3n) is 1.69. The van der Waals surface area contributed by atoms with E-state index in [1.54, 1.807) is 0 Å². The summed E-state index contributed by atoms with van der Waals surface area (Å²) in [5, 5.41) is 18.4. The number of benzene rings is 1. The molecule has 7 nitrogen and oxygen atoms in total. The first-order valence-electron chi connectivity index (χ1n) is 3.50. The molecule has 0 aliphatic heterocycles. The molecule has 0 atom stereocenters. The molecule has 1 aromatic heterocycles. The third-order valence-corrected chi connectivity index (χ3v) is 2.58. The number of fused-ring (bicyclic) bond motifs is 1. The Balaban J connectivity index is 0.00000112. The van der Waals surface area contributed by atoms with Gasteiger partial charge in [-0.05, 0) is 12.1 Å². The summed E-state index contributed by atoms with van der Waals surface area (Å²) in [4.78, 5) is -0.390. The number of phenols is 1. The first-order valence-corrected chi connectivity index (χ1v) is 4.94. The van der Waals surface area contributed by atoms with E-state index in [9.17, 15) is 13.5 Å². The summed E-state index contributed by atoms with van der Waals surface area (Å²) < 4.78 is 30.5. The number of aromatic nitrogens is 3. The minimum absolute atomic E-state index is 0. The zero-order chi connectivity index (χ0) is 10.3. The molecule has 2 rings (SSSR count). The van der Waals surface area contributed by atoms with Crippen LogP contribution < -0.4 is 0 Å². The minimum Gasteiger partial charge on any atom is -0.506 e. The van der Waals surface area contributed by atoms with E-state index < -0.39 is 10.1 Å². The molecule has 1 heterocycles. The van der Waals surface area contributed by atoms with Crippen molar-refractivity contribution in [3.63, 3.8) is 0 Å². The fourth-order valence-corrected chi connectivity index (χ4v) is 1.73. The van der Waals surface area contributed by atoms with Crippen molar-refractivity contribution in [1.82, 2.24) is 15.4 Å². The molecule has 0 amide bonds. The Hall–Kier alpha value is -0.930. The van der Waals surface area contributed by atoms with Crippen LogP contribution in [0.3, 0.4) is 0 Å². The molecule has 1 radical (unpaired) electrons. The maximum absolute atomic E-state index is 10.8. The summed E-state index contributed by atoms with van der Waals surface area (Å²) in [5.74, 6) is -0.207. The Bertz CT molecular complexity index is 593. The van der Waals surface area contributed by atoms with Gasteiger partial charge in [-0.2, -0.15) is 23.8 Å². The van der Waals surface area contributed by atoms with Crippen molar-refractivity contribution in [3.8, 4) is 5.75 Å². The Morgan fingerprint density at radius 3 is 2.40 bits per heavy atom. The van der Waals surface area contributed by atoms with Gasteiger partial charge in [0.15, 0.2) is 5.52 Å². The van der Waals surface area contributed by atoms with E-state index in [0.29, 0.717) is 0 Å². The van der Waals surface area contributed by atoms with Crippen molar-refractivity contribution < 1.29 is 40.5 Å². The number of rotatable bonds is 1. The number of H-pyrrole nitrogens is 1. The topological polar surface area (TPSA) is 116 Å². The summed E-state index contributed by atoms with van der Waals surface area (Å²) in [6.07, 6.45) is 0. The van der Waals surface area contributed by atoms with Crippen molar-refractivity contribution in [2.75, 3.05) is 0 Å². The van der Waals surface area contributed by atoms with Gasteiger partial charge in [0.1, 0.15) is 16.2 Å². The van der Waals surface area contributed by atoms with Gasteiger partial charge < -0.3 is 5.11 Å². The van der Waals surface area contributed by atoms with Gasteiger partial charge in [-0.15, -0.1) is 0 Å². The van der Waals surface area contributed by atoms with Crippen LogP contribution >= 0.6 is 0 Å². The first-order chi connectivity index (χ1) is 6.50. The predicted octanol–water partition coefficient (Wildman–Crippen LogP) is -0.0923. The molecule has 3 N–H and O–H groups in total. The fraction of sp³-hybridized carbons (Fsp3) is 0. The number of nitrogens with zero attached hydrogens (tertiary/aromatic N) is 2. The Labute approximate surface area is 99.8 Å². The molecule has 15 heavy (non-hydrogen) atoms. The number of aromatic hydroxyl groups is 1. The first kappa shape index (κ1) is 12.1. The second kappa shape index (κ2) is 3.91. The van der Waals surface area contributed by atoms with Gasteiger partial charge in [0.05, 0.1) is 0 Å². The largest absolute Gasteiger partial charge is 0.506 e. The second-order valence-corrected chi connectivity index (χ2v) is 3.97. The summed E-state index contributed by atoms with van der Waals surface area (Å²) in [6.45, 7) is 0. The van der Waals surface area contributed by atoms with Crippen molar-refractivity contribution >= 4 is 21.2 Å². The molecule has 0 spiro atoms. The quantitative estimate of drug-likeness (QED) is 0.499. The van der Waals surface area contributed by atoms with E-state index in [1.165, 1.54) is 0 Å². The van der Waals surface area contributed by atoms with E-state index in [2.05, 4.69) is 15.4 Å². The normalized spacial score (nSPS) is 11.3. The van der Waals surface area contributed by atoms with Gasteiger partial charge in [0.2, 0.25) is 0 Å². The Morgan fingerprint density at radius 2 is 1.80 bits per heavy atom. The number of hydrogen-bond donors (Lipinski definition) is 3. The molecular weight excluding hydrogens is 318 g/mol. The van der Waals surface area contributed by atoms with Crippen molar-refractivity contribution in [2.24, 2.45) is 0 Å². The maximum Gasteiger partial charge on any atom is 0.296 e. The molecule has 2 aromatic rings. The average molecular weight is 323 g/mol. The molecule has 9 heteroatoms. The van der Waals surface area contributed by atoms with Crippen LogP contribution in [0.2, 0.25) is 0 Å².